The molecule has 1 saturated carbocycles. The summed E-state index contributed by atoms with van der Waals surface area (Å²) in [5.41, 5.74) is 1.15. The average Bonchev–Trinajstić information content (AvgIpc) is 2.37. The molecule has 2 atom stereocenters. The zero-order valence-electron chi connectivity index (χ0n) is 10.4. The summed E-state index contributed by atoms with van der Waals surface area (Å²) in [5.74, 6) is 0.870. The summed E-state index contributed by atoms with van der Waals surface area (Å²) in [4.78, 5) is 4.15. The molecular formula is C14H20BrNO. The van der Waals surface area contributed by atoms with Crippen LogP contribution in [0.15, 0.2) is 22.9 Å². The van der Waals surface area contributed by atoms with E-state index in [9.17, 15) is 0 Å². The summed E-state index contributed by atoms with van der Waals surface area (Å²) in [6, 6.07) is 2.08. The van der Waals surface area contributed by atoms with Crippen molar-refractivity contribution in [3.63, 3.8) is 0 Å². The second-order valence-electron chi connectivity index (χ2n) is 4.89. The first kappa shape index (κ1) is 13.0. The van der Waals surface area contributed by atoms with Gasteiger partial charge in [0.1, 0.15) is 0 Å². The number of rotatable bonds is 4. The van der Waals surface area contributed by atoms with Crippen molar-refractivity contribution < 1.29 is 4.74 Å². The molecule has 2 rings (SSSR count). The van der Waals surface area contributed by atoms with Gasteiger partial charge in [-0.25, -0.2) is 0 Å². The van der Waals surface area contributed by atoms with Gasteiger partial charge >= 0.3 is 0 Å². The molecule has 1 aliphatic carbocycles. The Kier molecular flexibility index (Phi) is 4.99. The minimum absolute atomic E-state index is 0.452. The molecule has 1 heterocycles. The predicted molar refractivity (Wildman–Crippen MR) is 72.8 cm³/mol. The smallest absolute Gasteiger partial charge is 0.0735 e. The van der Waals surface area contributed by atoms with E-state index < -0.39 is 0 Å². The fourth-order valence-corrected chi connectivity index (χ4v) is 2.92. The maximum atomic E-state index is 6.00. The van der Waals surface area contributed by atoms with Crippen LogP contribution in [0.2, 0.25) is 0 Å². The van der Waals surface area contributed by atoms with Crippen LogP contribution in [0.5, 0.6) is 0 Å². The van der Waals surface area contributed by atoms with Crippen molar-refractivity contribution in [2.75, 3.05) is 0 Å². The summed E-state index contributed by atoms with van der Waals surface area (Å²) >= 11 is 3.43. The predicted octanol–water partition coefficient (Wildman–Crippen LogP) is 4.33. The first-order valence-corrected chi connectivity index (χ1v) is 7.28. The molecular weight excluding hydrogens is 278 g/mol. The van der Waals surface area contributed by atoms with Crippen LogP contribution in [0, 0.1) is 5.92 Å². The Morgan fingerprint density at radius 1 is 1.41 bits per heavy atom. The molecule has 0 aromatic carbocycles. The van der Waals surface area contributed by atoms with E-state index in [0.29, 0.717) is 12.7 Å². The highest BCUT2D eigenvalue weighted by atomic mass is 79.9. The van der Waals surface area contributed by atoms with Gasteiger partial charge < -0.3 is 4.74 Å². The van der Waals surface area contributed by atoms with Gasteiger partial charge in [0.15, 0.2) is 0 Å². The van der Waals surface area contributed by atoms with Crippen molar-refractivity contribution >= 4 is 15.9 Å². The van der Waals surface area contributed by atoms with Crippen LogP contribution in [0.25, 0.3) is 0 Å². The van der Waals surface area contributed by atoms with Crippen molar-refractivity contribution in [3.05, 3.63) is 28.5 Å². The first-order chi connectivity index (χ1) is 8.28. The van der Waals surface area contributed by atoms with Crippen LogP contribution in [0.1, 0.15) is 44.6 Å². The van der Waals surface area contributed by atoms with E-state index in [1.54, 1.807) is 6.20 Å². The van der Waals surface area contributed by atoms with Gasteiger partial charge in [0.2, 0.25) is 0 Å². The molecule has 1 aromatic heterocycles. The summed E-state index contributed by atoms with van der Waals surface area (Å²) in [5, 5.41) is 0. The van der Waals surface area contributed by atoms with Crippen molar-refractivity contribution in [1.29, 1.82) is 0 Å². The van der Waals surface area contributed by atoms with Gasteiger partial charge in [-0.15, -0.1) is 0 Å². The van der Waals surface area contributed by atoms with Crippen LogP contribution in [-0.4, -0.2) is 11.1 Å². The summed E-state index contributed by atoms with van der Waals surface area (Å²) in [7, 11) is 0. The Hall–Kier alpha value is -0.410. The lowest BCUT2D eigenvalue weighted by atomic mass is 9.85. The highest BCUT2D eigenvalue weighted by Crippen LogP contribution is 2.28. The second-order valence-corrected chi connectivity index (χ2v) is 5.80. The molecule has 1 fully saturated rings. The van der Waals surface area contributed by atoms with Crippen molar-refractivity contribution in [3.8, 4) is 0 Å². The number of aromatic nitrogens is 1. The molecule has 0 bridgehead atoms. The first-order valence-electron chi connectivity index (χ1n) is 6.49. The number of hydrogen-bond acceptors (Lipinski definition) is 2. The Balaban J connectivity index is 1.81. The van der Waals surface area contributed by atoms with Gasteiger partial charge in [0.05, 0.1) is 12.7 Å². The molecule has 1 aromatic rings. The molecule has 94 valence electrons. The van der Waals surface area contributed by atoms with E-state index in [0.717, 1.165) is 16.0 Å². The zero-order chi connectivity index (χ0) is 12.1. The molecule has 0 radical (unpaired) electrons. The standard InChI is InChI=1S/C14H20BrNO/c1-2-11-4-3-5-14(7-11)17-10-12-6-13(15)9-16-8-12/h6,8-9,11,14H,2-5,7,10H2,1H3. The fraction of sp³-hybridized carbons (Fsp3) is 0.643. The molecule has 3 heteroatoms. The highest BCUT2D eigenvalue weighted by molar-refractivity contribution is 9.10. The fourth-order valence-electron chi connectivity index (χ4n) is 2.51. The number of ether oxygens (including phenoxy) is 1. The molecule has 0 N–H and O–H groups in total. The largest absolute Gasteiger partial charge is 0.373 e. The minimum atomic E-state index is 0.452. The second kappa shape index (κ2) is 6.50. The SMILES string of the molecule is CCC1CCCC(OCc2cncc(Br)c2)C1. The van der Waals surface area contributed by atoms with Gasteiger partial charge in [0, 0.05) is 16.9 Å². The van der Waals surface area contributed by atoms with Crippen LogP contribution < -0.4 is 0 Å². The molecule has 2 unspecified atom stereocenters. The molecule has 2 nitrogen and oxygen atoms in total. The molecule has 0 saturated heterocycles. The molecule has 1 aliphatic rings. The molecule has 0 spiro atoms. The number of hydrogen-bond donors (Lipinski definition) is 0. The van der Waals surface area contributed by atoms with Gasteiger partial charge in [-0.2, -0.15) is 0 Å². The normalized spacial score (nSPS) is 24.8. The molecule has 17 heavy (non-hydrogen) atoms. The van der Waals surface area contributed by atoms with Crippen molar-refractivity contribution in [2.24, 2.45) is 5.92 Å². The zero-order valence-corrected chi connectivity index (χ0v) is 11.9. The van der Waals surface area contributed by atoms with Gasteiger partial charge in [-0.05, 0) is 46.3 Å². The number of pyridine rings is 1. The lowest BCUT2D eigenvalue weighted by Crippen LogP contribution is -2.22. The maximum Gasteiger partial charge on any atom is 0.0735 e. The lowest BCUT2D eigenvalue weighted by Gasteiger charge is -2.28. The van der Waals surface area contributed by atoms with Gasteiger partial charge in [0.25, 0.3) is 0 Å². The third-order valence-electron chi connectivity index (χ3n) is 3.56. The van der Waals surface area contributed by atoms with E-state index >= 15 is 0 Å². The highest BCUT2D eigenvalue weighted by Gasteiger charge is 2.21. The lowest BCUT2D eigenvalue weighted by molar-refractivity contribution is 0.00164. The maximum absolute atomic E-state index is 6.00. The topological polar surface area (TPSA) is 22.1 Å². The van der Waals surface area contributed by atoms with Crippen LogP contribution in [0.4, 0.5) is 0 Å². The monoisotopic (exact) mass is 297 g/mol. The number of nitrogens with zero attached hydrogens (tertiary/aromatic N) is 1. The summed E-state index contributed by atoms with van der Waals surface area (Å²) in [6.07, 6.45) is 10.6. The van der Waals surface area contributed by atoms with Crippen LogP contribution >= 0.6 is 15.9 Å². The Morgan fingerprint density at radius 2 is 2.29 bits per heavy atom. The minimum Gasteiger partial charge on any atom is -0.373 e. The molecule has 0 aliphatic heterocycles. The Morgan fingerprint density at radius 3 is 3.06 bits per heavy atom. The Labute approximate surface area is 112 Å². The summed E-state index contributed by atoms with van der Waals surface area (Å²) < 4.78 is 7.02. The van der Waals surface area contributed by atoms with Gasteiger partial charge in [-0.3, -0.25) is 4.98 Å². The van der Waals surface area contributed by atoms with E-state index in [2.05, 4.69) is 33.9 Å². The quantitative estimate of drug-likeness (QED) is 0.825. The van der Waals surface area contributed by atoms with E-state index in [1.807, 2.05) is 6.20 Å². The third-order valence-corrected chi connectivity index (χ3v) is 3.99. The average molecular weight is 298 g/mol. The van der Waals surface area contributed by atoms with Crippen LogP contribution in [0.3, 0.4) is 0 Å². The summed E-state index contributed by atoms with van der Waals surface area (Å²) in [6.45, 7) is 2.97. The molecule has 0 amide bonds. The van der Waals surface area contributed by atoms with Crippen molar-refractivity contribution in [2.45, 2.75) is 51.7 Å². The van der Waals surface area contributed by atoms with Crippen LogP contribution in [-0.2, 0) is 11.3 Å². The van der Waals surface area contributed by atoms with E-state index in [4.69, 9.17) is 4.74 Å². The number of halogens is 1. The third kappa shape index (κ3) is 4.07. The Bertz CT molecular complexity index is 356. The van der Waals surface area contributed by atoms with E-state index in [1.165, 1.54) is 32.1 Å². The van der Waals surface area contributed by atoms with Gasteiger partial charge in [-0.1, -0.05) is 26.2 Å². The van der Waals surface area contributed by atoms with Crippen molar-refractivity contribution in [1.82, 2.24) is 4.98 Å². The van der Waals surface area contributed by atoms with E-state index in [-0.39, 0.29) is 0 Å².